The normalized spacial score (nSPS) is 46.3. The fourth-order valence-electron chi connectivity index (χ4n) is 5.23. The first-order valence-electron chi connectivity index (χ1n) is 7.87. The van der Waals surface area contributed by atoms with Crippen LogP contribution in [0.3, 0.4) is 0 Å². The highest BCUT2D eigenvalue weighted by atomic mass is 14.5. The van der Waals surface area contributed by atoms with Crippen LogP contribution in [0.4, 0.5) is 0 Å². The van der Waals surface area contributed by atoms with Gasteiger partial charge >= 0.3 is 0 Å². The molecule has 0 aromatic rings. The molecule has 0 aromatic heterocycles. The van der Waals surface area contributed by atoms with E-state index in [2.05, 4.69) is 33.4 Å². The zero-order chi connectivity index (χ0) is 12.4. The Labute approximate surface area is 108 Å². The molecule has 0 aromatic carbocycles. The molecule has 0 N–H and O–H groups in total. The quantitative estimate of drug-likeness (QED) is 0.581. The van der Waals surface area contributed by atoms with Crippen LogP contribution in [0.15, 0.2) is 12.7 Å². The van der Waals surface area contributed by atoms with Crippen molar-refractivity contribution in [2.45, 2.75) is 59.3 Å². The summed E-state index contributed by atoms with van der Waals surface area (Å²) >= 11 is 0. The molecule has 2 saturated carbocycles. The summed E-state index contributed by atoms with van der Waals surface area (Å²) in [5, 5.41) is 0. The molecule has 0 amide bonds. The van der Waals surface area contributed by atoms with Gasteiger partial charge in [0.25, 0.3) is 0 Å². The van der Waals surface area contributed by atoms with Gasteiger partial charge in [0, 0.05) is 0 Å². The topological polar surface area (TPSA) is 0 Å². The molecule has 2 rings (SSSR count). The smallest absolute Gasteiger partial charge is 0.0174 e. The summed E-state index contributed by atoms with van der Waals surface area (Å²) < 4.78 is 0. The standard InChI is InChI=1S/C17H30/c1-5-13-12(4)16-10-8-9-11-17(16)15(7-3)14(13)6-2/h7,12-17H,3,5-6,8-11H2,1-2,4H3. The summed E-state index contributed by atoms with van der Waals surface area (Å²) in [6.45, 7) is 11.5. The molecule has 98 valence electrons. The van der Waals surface area contributed by atoms with Gasteiger partial charge in [0.2, 0.25) is 0 Å². The fraction of sp³-hybridized carbons (Fsp3) is 0.882. The van der Waals surface area contributed by atoms with Crippen molar-refractivity contribution >= 4 is 0 Å². The first-order chi connectivity index (χ1) is 8.24. The van der Waals surface area contributed by atoms with Crippen LogP contribution in [0.1, 0.15) is 59.3 Å². The maximum Gasteiger partial charge on any atom is -0.0174 e. The van der Waals surface area contributed by atoms with Gasteiger partial charge in [-0.05, 0) is 48.3 Å². The Morgan fingerprint density at radius 1 is 1.00 bits per heavy atom. The van der Waals surface area contributed by atoms with Crippen molar-refractivity contribution < 1.29 is 0 Å². The van der Waals surface area contributed by atoms with Crippen LogP contribution >= 0.6 is 0 Å². The summed E-state index contributed by atoms with van der Waals surface area (Å²) in [5.41, 5.74) is 0. The lowest BCUT2D eigenvalue weighted by Crippen LogP contribution is -2.45. The Hall–Kier alpha value is -0.260. The van der Waals surface area contributed by atoms with Crippen molar-refractivity contribution in [3.05, 3.63) is 12.7 Å². The average molecular weight is 234 g/mol. The fourth-order valence-corrected chi connectivity index (χ4v) is 5.23. The second kappa shape index (κ2) is 5.59. The van der Waals surface area contributed by atoms with E-state index in [4.69, 9.17) is 0 Å². The molecule has 0 saturated heterocycles. The maximum atomic E-state index is 4.17. The Morgan fingerprint density at radius 3 is 2.12 bits per heavy atom. The van der Waals surface area contributed by atoms with E-state index in [0.717, 1.165) is 35.5 Å². The Bertz CT molecular complexity index is 247. The molecule has 0 spiro atoms. The zero-order valence-electron chi connectivity index (χ0n) is 12.0. The molecule has 0 nitrogen and oxygen atoms in total. The van der Waals surface area contributed by atoms with Crippen LogP contribution in [-0.2, 0) is 0 Å². The third kappa shape index (κ3) is 2.20. The SMILES string of the molecule is C=CC1C(CC)C(CC)C(C)C2CCCCC12. The van der Waals surface area contributed by atoms with Gasteiger partial charge in [0.15, 0.2) is 0 Å². The molecule has 6 unspecified atom stereocenters. The molecule has 0 aliphatic heterocycles. The highest BCUT2D eigenvalue weighted by Gasteiger charge is 2.46. The molecule has 0 radical (unpaired) electrons. The van der Waals surface area contributed by atoms with E-state index >= 15 is 0 Å². The van der Waals surface area contributed by atoms with E-state index in [9.17, 15) is 0 Å². The monoisotopic (exact) mass is 234 g/mol. The highest BCUT2D eigenvalue weighted by molar-refractivity contribution is 5.01. The summed E-state index contributed by atoms with van der Waals surface area (Å²) in [6, 6.07) is 0. The molecular formula is C17H30. The van der Waals surface area contributed by atoms with Crippen molar-refractivity contribution in [3.63, 3.8) is 0 Å². The first-order valence-corrected chi connectivity index (χ1v) is 7.87. The lowest BCUT2D eigenvalue weighted by Gasteiger charge is -2.52. The second-order valence-electron chi connectivity index (χ2n) is 6.43. The molecule has 0 heteroatoms. The lowest BCUT2D eigenvalue weighted by molar-refractivity contribution is -0.0190. The first kappa shape index (κ1) is 13.2. The minimum absolute atomic E-state index is 0.812. The number of allylic oxidation sites excluding steroid dienone is 1. The molecule has 6 atom stereocenters. The van der Waals surface area contributed by atoms with Gasteiger partial charge in [-0.15, -0.1) is 6.58 Å². The summed E-state index contributed by atoms with van der Waals surface area (Å²) in [5.74, 6) is 5.58. The van der Waals surface area contributed by atoms with Gasteiger partial charge in [0.1, 0.15) is 0 Å². The van der Waals surface area contributed by atoms with Crippen LogP contribution in [0.2, 0.25) is 0 Å². The minimum atomic E-state index is 0.812. The molecule has 2 aliphatic carbocycles. The summed E-state index contributed by atoms with van der Waals surface area (Å²) in [6.07, 6.45) is 10.9. The van der Waals surface area contributed by atoms with Crippen molar-refractivity contribution in [1.29, 1.82) is 0 Å². The van der Waals surface area contributed by atoms with Gasteiger partial charge in [0.05, 0.1) is 0 Å². The molecule has 0 bridgehead atoms. The van der Waals surface area contributed by atoms with Gasteiger partial charge in [-0.1, -0.05) is 52.5 Å². The zero-order valence-corrected chi connectivity index (χ0v) is 12.0. The van der Waals surface area contributed by atoms with Crippen molar-refractivity contribution in [1.82, 2.24) is 0 Å². The van der Waals surface area contributed by atoms with Crippen molar-refractivity contribution in [2.75, 3.05) is 0 Å². The minimum Gasteiger partial charge on any atom is -0.103 e. The second-order valence-corrected chi connectivity index (χ2v) is 6.43. The van der Waals surface area contributed by atoms with Crippen molar-refractivity contribution in [3.8, 4) is 0 Å². The van der Waals surface area contributed by atoms with Gasteiger partial charge < -0.3 is 0 Å². The van der Waals surface area contributed by atoms with E-state index in [1.54, 1.807) is 0 Å². The van der Waals surface area contributed by atoms with Gasteiger partial charge in [-0.25, -0.2) is 0 Å². The van der Waals surface area contributed by atoms with Crippen LogP contribution in [-0.4, -0.2) is 0 Å². The molecule has 2 fully saturated rings. The summed E-state index contributed by atoms with van der Waals surface area (Å²) in [7, 11) is 0. The molecule has 2 aliphatic rings. The third-order valence-corrected chi connectivity index (χ3v) is 5.98. The van der Waals surface area contributed by atoms with Crippen LogP contribution in [0.25, 0.3) is 0 Å². The molecule has 0 heterocycles. The van der Waals surface area contributed by atoms with Crippen LogP contribution in [0.5, 0.6) is 0 Å². The predicted octanol–water partition coefficient (Wildman–Crippen LogP) is 5.30. The Balaban J connectivity index is 2.25. The largest absolute Gasteiger partial charge is 0.103 e. The number of hydrogen-bond donors (Lipinski definition) is 0. The maximum absolute atomic E-state index is 4.17. The third-order valence-electron chi connectivity index (χ3n) is 5.98. The lowest BCUT2D eigenvalue weighted by atomic mass is 9.53. The molecular weight excluding hydrogens is 204 g/mol. The van der Waals surface area contributed by atoms with Gasteiger partial charge in [-0.3, -0.25) is 0 Å². The van der Waals surface area contributed by atoms with Crippen LogP contribution in [0, 0.1) is 35.5 Å². The predicted molar refractivity (Wildman–Crippen MR) is 75.9 cm³/mol. The van der Waals surface area contributed by atoms with Gasteiger partial charge in [-0.2, -0.15) is 0 Å². The number of hydrogen-bond acceptors (Lipinski definition) is 0. The average Bonchev–Trinajstić information content (AvgIpc) is 2.38. The Morgan fingerprint density at radius 2 is 1.59 bits per heavy atom. The number of rotatable bonds is 3. The van der Waals surface area contributed by atoms with E-state index in [1.807, 2.05) is 0 Å². The molecule has 17 heavy (non-hydrogen) atoms. The van der Waals surface area contributed by atoms with Crippen LogP contribution < -0.4 is 0 Å². The number of fused-ring (bicyclic) bond motifs is 1. The van der Waals surface area contributed by atoms with E-state index in [1.165, 1.54) is 38.5 Å². The Kier molecular flexibility index (Phi) is 4.33. The van der Waals surface area contributed by atoms with E-state index < -0.39 is 0 Å². The van der Waals surface area contributed by atoms with Crippen molar-refractivity contribution in [2.24, 2.45) is 35.5 Å². The van der Waals surface area contributed by atoms with E-state index in [0.29, 0.717) is 0 Å². The van der Waals surface area contributed by atoms with E-state index in [-0.39, 0.29) is 0 Å². The highest BCUT2D eigenvalue weighted by Crippen LogP contribution is 2.53. The summed E-state index contributed by atoms with van der Waals surface area (Å²) in [4.78, 5) is 0.